The molecule has 1 heterocycles. The predicted octanol–water partition coefficient (Wildman–Crippen LogP) is 3.14. The van der Waals surface area contributed by atoms with E-state index in [4.69, 9.17) is 11.6 Å². The summed E-state index contributed by atoms with van der Waals surface area (Å²) < 4.78 is 0. The Morgan fingerprint density at radius 2 is 1.67 bits per heavy atom. The molecular weight excluding hydrogens is 176 g/mol. The van der Waals surface area contributed by atoms with Crippen molar-refractivity contribution in [1.82, 2.24) is 0 Å². The number of hydrogen-bond acceptors (Lipinski definition) is 2. The minimum Gasteiger partial charge on any atom is -0.237 e. The van der Waals surface area contributed by atoms with Crippen LogP contribution >= 0.6 is 11.6 Å². The second-order valence-corrected chi connectivity index (χ2v) is 3.13. The quantitative estimate of drug-likeness (QED) is 0.391. The molecule has 12 heavy (non-hydrogen) atoms. The van der Waals surface area contributed by atoms with Crippen LogP contribution < -0.4 is 0 Å². The Hall–Kier alpha value is 0.210. The number of hydrogen-bond donors (Lipinski definition) is 0. The minimum atomic E-state index is 0.778. The van der Waals surface area contributed by atoms with Gasteiger partial charge in [0.15, 0.2) is 0 Å². The Balaban J connectivity index is 0.000000202. The van der Waals surface area contributed by atoms with Gasteiger partial charge in [-0.15, -0.1) is 11.6 Å². The molecule has 0 radical (unpaired) electrons. The van der Waals surface area contributed by atoms with E-state index in [0.717, 1.165) is 31.9 Å². The largest absolute Gasteiger partial charge is 0.237 e. The van der Waals surface area contributed by atoms with Gasteiger partial charge in [-0.3, -0.25) is 0 Å². The van der Waals surface area contributed by atoms with Crippen LogP contribution in [0.4, 0.5) is 0 Å². The van der Waals surface area contributed by atoms with Crippen molar-refractivity contribution in [1.29, 1.82) is 0 Å². The van der Waals surface area contributed by atoms with Gasteiger partial charge in [0.1, 0.15) is 0 Å². The first-order valence-electron chi connectivity index (χ1n) is 4.72. The molecular formula is C9H19ClO2. The van der Waals surface area contributed by atoms with Crippen molar-refractivity contribution in [3.8, 4) is 0 Å². The zero-order chi connectivity index (χ0) is 9.07. The molecule has 0 unspecified atom stereocenters. The van der Waals surface area contributed by atoms with E-state index >= 15 is 0 Å². The molecule has 0 atom stereocenters. The highest BCUT2D eigenvalue weighted by Gasteiger charge is 1.95. The van der Waals surface area contributed by atoms with E-state index in [9.17, 15) is 0 Å². The van der Waals surface area contributed by atoms with Gasteiger partial charge in [0.2, 0.25) is 0 Å². The SMILES string of the molecule is C1CCOOC1.CCCCCCl. The first kappa shape index (κ1) is 12.2. The topological polar surface area (TPSA) is 18.5 Å². The monoisotopic (exact) mass is 194 g/mol. The summed E-state index contributed by atoms with van der Waals surface area (Å²) in [6.07, 6.45) is 6.04. The summed E-state index contributed by atoms with van der Waals surface area (Å²) in [4.78, 5) is 9.14. The van der Waals surface area contributed by atoms with Crippen molar-refractivity contribution in [2.75, 3.05) is 19.1 Å². The molecule has 0 spiro atoms. The molecule has 2 nitrogen and oxygen atoms in total. The molecule has 1 rings (SSSR count). The zero-order valence-electron chi connectivity index (χ0n) is 7.85. The Bertz CT molecular complexity index is 59.4. The van der Waals surface area contributed by atoms with Gasteiger partial charge in [0.25, 0.3) is 0 Å². The van der Waals surface area contributed by atoms with Gasteiger partial charge < -0.3 is 0 Å². The van der Waals surface area contributed by atoms with Crippen molar-refractivity contribution >= 4 is 11.6 Å². The van der Waals surface area contributed by atoms with Crippen LogP contribution in [0.1, 0.15) is 39.0 Å². The maximum absolute atomic E-state index is 5.38. The molecule has 0 aromatic heterocycles. The molecule has 0 N–H and O–H groups in total. The van der Waals surface area contributed by atoms with Gasteiger partial charge in [0, 0.05) is 5.88 Å². The fourth-order valence-electron chi connectivity index (χ4n) is 0.784. The van der Waals surface area contributed by atoms with E-state index < -0.39 is 0 Å². The van der Waals surface area contributed by atoms with Gasteiger partial charge in [-0.05, 0) is 19.3 Å². The number of unbranched alkanes of at least 4 members (excludes halogenated alkanes) is 2. The lowest BCUT2D eigenvalue weighted by molar-refractivity contribution is -0.312. The van der Waals surface area contributed by atoms with Gasteiger partial charge in [-0.2, -0.15) is 0 Å². The molecule has 0 aromatic rings. The normalized spacial score (nSPS) is 16.5. The van der Waals surface area contributed by atoms with Crippen molar-refractivity contribution in [3.63, 3.8) is 0 Å². The highest BCUT2D eigenvalue weighted by atomic mass is 35.5. The minimum absolute atomic E-state index is 0.778. The van der Waals surface area contributed by atoms with E-state index in [0.29, 0.717) is 0 Å². The fourth-order valence-corrected chi connectivity index (χ4v) is 0.973. The maximum atomic E-state index is 5.38. The summed E-state index contributed by atoms with van der Waals surface area (Å²) in [5, 5.41) is 0. The van der Waals surface area contributed by atoms with Gasteiger partial charge in [-0.1, -0.05) is 19.8 Å². The number of alkyl halides is 1. The van der Waals surface area contributed by atoms with Crippen LogP contribution in [-0.2, 0) is 9.78 Å². The van der Waals surface area contributed by atoms with E-state index in [1.165, 1.54) is 19.3 Å². The van der Waals surface area contributed by atoms with Crippen molar-refractivity contribution in [3.05, 3.63) is 0 Å². The standard InChI is InChI=1S/C5H11Cl.C4H8O2/c1-2-3-4-5-6;1-2-4-6-5-3-1/h2-5H2,1H3;1-4H2. The second kappa shape index (κ2) is 11.2. The van der Waals surface area contributed by atoms with Crippen LogP contribution in [0.15, 0.2) is 0 Å². The molecule has 0 aromatic carbocycles. The lowest BCUT2D eigenvalue weighted by atomic mass is 10.3. The third kappa shape index (κ3) is 10.2. The Morgan fingerprint density at radius 1 is 1.08 bits per heavy atom. The van der Waals surface area contributed by atoms with Crippen LogP contribution in [0.3, 0.4) is 0 Å². The summed E-state index contributed by atoms with van der Waals surface area (Å²) in [6.45, 7) is 3.73. The summed E-state index contributed by atoms with van der Waals surface area (Å²) >= 11 is 5.38. The zero-order valence-corrected chi connectivity index (χ0v) is 8.61. The molecule has 0 saturated carbocycles. The molecule has 74 valence electrons. The van der Waals surface area contributed by atoms with Crippen molar-refractivity contribution in [2.45, 2.75) is 39.0 Å². The first-order chi connectivity index (χ1) is 5.91. The molecule has 1 aliphatic heterocycles. The molecule has 1 fully saturated rings. The van der Waals surface area contributed by atoms with E-state index in [-0.39, 0.29) is 0 Å². The Morgan fingerprint density at radius 3 is 1.83 bits per heavy atom. The summed E-state index contributed by atoms with van der Waals surface area (Å²) in [5.74, 6) is 0.827. The van der Waals surface area contributed by atoms with Crippen LogP contribution in [-0.4, -0.2) is 19.1 Å². The van der Waals surface area contributed by atoms with E-state index in [1.807, 2.05) is 0 Å². The van der Waals surface area contributed by atoms with Crippen LogP contribution in [0, 0.1) is 0 Å². The van der Waals surface area contributed by atoms with Gasteiger partial charge in [0.05, 0.1) is 13.2 Å². The smallest absolute Gasteiger partial charge is 0.0823 e. The van der Waals surface area contributed by atoms with Gasteiger partial charge >= 0.3 is 0 Å². The predicted molar refractivity (Wildman–Crippen MR) is 51.4 cm³/mol. The fraction of sp³-hybridized carbons (Fsp3) is 1.00. The highest BCUT2D eigenvalue weighted by molar-refractivity contribution is 6.17. The third-order valence-electron chi connectivity index (χ3n) is 1.53. The van der Waals surface area contributed by atoms with Gasteiger partial charge in [-0.25, -0.2) is 9.78 Å². The van der Waals surface area contributed by atoms with Crippen LogP contribution in [0.2, 0.25) is 0 Å². The summed E-state index contributed by atoms with van der Waals surface area (Å²) in [6, 6.07) is 0. The maximum Gasteiger partial charge on any atom is 0.0823 e. The Labute approximate surface area is 80.1 Å². The Kier molecular flexibility index (Phi) is 11.4. The number of rotatable bonds is 3. The lowest BCUT2D eigenvalue weighted by Crippen LogP contribution is -2.05. The van der Waals surface area contributed by atoms with E-state index in [2.05, 4.69) is 16.7 Å². The molecule has 3 heteroatoms. The number of halogens is 1. The second-order valence-electron chi connectivity index (χ2n) is 2.75. The third-order valence-corrected chi connectivity index (χ3v) is 1.79. The molecule has 0 bridgehead atoms. The van der Waals surface area contributed by atoms with Crippen molar-refractivity contribution < 1.29 is 9.78 Å². The molecule has 0 amide bonds. The van der Waals surface area contributed by atoms with Crippen LogP contribution in [0.25, 0.3) is 0 Å². The molecule has 1 saturated heterocycles. The summed E-state index contributed by atoms with van der Waals surface area (Å²) in [7, 11) is 0. The van der Waals surface area contributed by atoms with Crippen LogP contribution in [0.5, 0.6) is 0 Å². The van der Waals surface area contributed by atoms with Crippen molar-refractivity contribution in [2.24, 2.45) is 0 Å². The lowest BCUT2D eigenvalue weighted by Gasteiger charge is -2.07. The molecule has 0 aliphatic carbocycles. The summed E-state index contributed by atoms with van der Waals surface area (Å²) in [5.41, 5.74) is 0. The van der Waals surface area contributed by atoms with E-state index in [1.54, 1.807) is 0 Å². The molecule has 1 aliphatic rings. The average Bonchev–Trinajstić information content (AvgIpc) is 2.18. The first-order valence-corrected chi connectivity index (χ1v) is 5.25. The average molecular weight is 195 g/mol. The highest BCUT2D eigenvalue weighted by Crippen LogP contribution is 1.97.